The lowest BCUT2D eigenvalue weighted by molar-refractivity contribution is -0.137. The van der Waals surface area contributed by atoms with E-state index < -0.39 is 11.7 Å². The molecule has 0 atom stereocenters. The van der Waals surface area contributed by atoms with Gasteiger partial charge in [-0.1, -0.05) is 11.6 Å². The molecular formula is C8H4ClF3N4. The minimum atomic E-state index is -4.46. The van der Waals surface area contributed by atoms with Gasteiger partial charge in [0.1, 0.15) is 12.7 Å². The Morgan fingerprint density at radius 2 is 2.06 bits per heavy atom. The van der Waals surface area contributed by atoms with E-state index >= 15 is 0 Å². The Balaban J connectivity index is 2.46. The smallest absolute Gasteiger partial charge is 0.235 e. The third kappa shape index (κ3) is 1.99. The second-order valence-electron chi connectivity index (χ2n) is 2.87. The molecule has 0 saturated heterocycles. The van der Waals surface area contributed by atoms with Crippen LogP contribution in [0.25, 0.3) is 5.82 Å². The van der Waals surface area contributed by atoms with Crippen LogP contribution in [0.3, 0.4) is 0 Å². The van der Waals surface area contributed by atoms with Crippen molar-refractivity contribution in [1.29, 1.82) is 0 Å². The van der Waals surface area contributed by atoms with Gasteiger partial charge in [0.05, 0.1) is 10.6 Å². The normalized spacial score (nSPS) is 11.8. The lowest BCUT2D eigenvalue weighted by Gasteiger charge is -2.08. The van der Waals surface area contributed by atoms with Gasteiger partial charge in [0.15, 0.2) is 5.82 Å². The summed E-state index contributed by atoms with van der Waals surface area (Å²) in [5.74, 6) is 0.104. The highest BCUT2D eigenvalue weighted by molar-refractivity contribution is 6.32. The molecule has 84 valence electrons. The Labute approximate surface area is 92.7 Å². The Morgan fingerprint density at radius 1 is 1.31 bits per heavy atom. The lowest BCUT2D eigenvalue weighted by atomic mass is 10.3. The van der Waals surface area contributed by atoms with Gasteiger partial charge in [-0.2, -0.15) is 18.3 Å². The van der Waals surface area contributed by atoms with Crippen molar-refractivity contribution in [2.75, 3.05) is 0 Å². The molecule has 0 aliphatic rings. The second kappa shape index (κ2) is 3.75. The first-order valence-corrected chi connectivity index (χ1v) is 4.44. The number of halogens is 4. The zero-order valence-corrected chi connectivity index (χ0v) is 8.37. The molecule has 2 heterocycles. The van der Waals surface area contributed by atoms with Crippen molar-refractivity contribution < 1.29 is 13.2 Å². The Bertz CT molecular complexity index is 494. The van der Waals surface area contributed by atoms with Crippen LogP contribution in [-0.4, -0.2) is 19.7 Å². The predicted molar refractivity (Wildman–Crippen MR) is 49.2 cm³/mol. The molecule has 2 aromatic rings. The summed E-state index contributed by atoms with van der Waals surface area (Å²) in [5.41, 5.74) is -0.902. The minimum Gasteiger partial charge on any atom is -0.235 e. The van der Waals surface area contributed by atoms with Gasteiger partial charge < -0.3 is 0 Å². The van der Waals surface area contributed by atoms with E-state index in [2.05, 4.69) is 15.1 Å². The molecule has 2 rings (SSSR count). The highest BCUT2D eigenvalue weighted by atomic mass is 35.5. The van der Waals surface area contributed by atoms with Crippen molar-refractivity contribution in [1.82, 2.24) is 19.7 Å². The van der Waals surface area contributed by atoms with Crippen LogP contribution >= 0.6 is 11.6 Å². The first-order chi connectivity index (χ1) is 7.48. The fourth-order valence-corrected chi connectivity index (χ4v) is 1.32. The van der Waals surface area contributed by atoms with Crippen molar-refractivity contribution in [3.05, 3.63) is 35.5 Å². The van der Waals surface area contributed by atoms with Crippen molar-refractivity contribution in [2.24, 2.45) is 0 Å². The average Bonchev–Trinajstić information content (AvgIpc) is 2.69. The lowest BCUT2D eigenvalue weighted by Crippen LogP contribution is -2.07. The Kier molecular flexibility index (Phi) is 2.55. The van der Waals surface area contributed by atoms with E-state index in [1.165, 1.54) is 17.3 Å². The molecule has 0 N–H and O–H groups in total. The molecule has 0 amide bonds. The van der Waals surface area contributed by atoms with Crippen LogP contribution in [0.15, 0.2) is 24.9 Å². The molecule has 0 aliphatic heterocycles. The molecule has 0 aliphatic carbocycles. The van der Waals surface area contributed by atoms with Crippen molar-refractivity contribution in [3.63, 3.8) is 0 Å². The molecule has 0 unspecified atom stereocenters. The summed E-state index contributed by atoms with van der Waals surface area (Å²) in [6.07, 6.45) is -1.24. The van der Waals surface area contributed by atoms with E-state index in [0.29, 0.717) is 6.20 Å². The van der Waals surface area contributed by atoms with Crippen molar-refractivity contribution in [2.45, 2.75) is 6.18 Å². The first-order valence-electron chi connectivity index (χ1n) is 4.06. The minimum absolute atomic E-state index is 0.104. The van der Waals surface area contributed by atoms with Crippen LogP contribution in [0, 0.1) is 0 Å². The van der Waals surface area contributed by atoms with Crippen LogP contribution in [0.4, 0.5) is 13.2 Å². The maximum absolute atomic E-state index is 12.3. The summed E-state index contributed by atoms with van der Waals surface area (Å²) < 4.78 is 38.1. The largest absolute Gasteiger partial charge is 0.417 e. The van der Waals surface area contributed by atoms with E-state index in [-0.39, 0.29) is 10.8 Å². The molecule has 0 saturated carbocycles. The third-order valence-corrected chi connectivity index (χ3v) is 2.06. The van der Waals surface area contributed by atoms with Crippen LogP contribution in [-0.2, 0) is 6.18 Å². The molecular weight excluding hydrogens is 245 g/mol. The van der Waals surface area contributed by atoms with Gasteiger partial charge in [-0.25, -0.2) is 14.6 Å². The first kappa shape index (κ1) is 10.9. The van der Waals surface area contributed by atoms with Gasteiger partial charge in [-0.05, 0) is 6.07 Å². The van der Waals surface area contributed by atoms with E-state index in [1.54, 1.807) is 0 Å². The van der Waals surface area contributed by atoms with E-state index in [0.717, 1.165) is 6.07 Å². The molecule has 16 heavy (non-hydrogen) atoms. The molecule has 0 fully saturated rings. The number of hydrogen-bond acceptors (Lipinski definition) is 3. The van der Waals surface area contributed by atoms with Gasteiger partial charge in [-0.3, -0.25) is 0 Å². The zero-order valence-electron chi connectivity index (χ0n) is 7.61. The topological polar surface area (TPSA) is 43.6 Å². The summed E-state index contributed by atoms with van der Waals surface area (Å²) in [4.78, 5) is 7.24. The molecule has 2 aromatic heterocycles. The van der Waals surface area contributed by atoms with Gasteiger partial charge >= 0.3 is 6.18 Å². The van der Waals surface area contributed by atoms with Crippen molar-refractivity contribution >= 4 is 11.6 Å². The number of nitrogens with zero attached hydrogens (tertiary/aromatic N) is 4. The SMILES string of the molecule is FC(F)(F)c1cnc(-n2cncn2)c(Cl)c1. The van der Waals surface area contributed by atoms with Gasteiger partial charge in [0.2, 0.25) is 0 Å². The standard InChI is InChI=1S/C8H4ClF3N4/c9-6-1-5(8(10,11)12)2-14-7(6)16-4-13-3-15-16/h1-4H. The van der Waals surface area contributed by atoms with Gasteiger partial charge in [0.25, 0.3) is 0 Å². The number of alkyl halides is 3. The average molecular weight is 249 g/mol. The number of hydrogen-bond donors (Lipinski definition) is 0. The zero-order chi connectivity index (χ0) is 11.8. The molecule has 0 aromatic carbocycles. The molecule has 0 bridgehead atoms. The summed E-state index contributed by atoms with van der Waals surface area (Å²) in [7, 11) is 0. The van der Waals surface area contributed by atoms with E-state index in [9.17, 15) is 13.2 Å². The summed E-state index contributed by atoms with van der Waals surface area (Å²) >= 11 is 5.68. The number of aromatic nitrogens is 4. The van der Waals surface area contributed by atoms with E-state index in [4.69, 9.17) is 11.6 Å². The van der Waals surface area contributed by atoms with Crippen LogP contribution < -0.4 is 0 Å². The second-order valence-corrected chi connectivity index (χ2v) is 3.27. The Morgan fingerprint density at radius 3 is 2.56 bits per heavy atom. The van der Waals surface area contributed by atoms with Gasteiger partial charge in [-0.15, -0.1) is 0 Å². The molecule has 4 nitrogen and oxygen atoms in total. The fraction of sp³-hybridized carbons (Fsp3) is 0.125. The maximum atomic E-state index is 12.3. The molecule has 0 radical (unpaired) electrons. The number of pyridine rings is 1. The molecule has 8 heteroatoms. The third-order valence-electron chi connectivity index (χ3n) is 1.78. The predicted octanol–water partition coefficient (Wildman–Crippen LogP) is 2.33. The summed E-state index contributed by atoms with van der Waals surface area (Å²) in [5, 5.41) is 3.58. The van der Waals surface area contributed by atoms with Crippen molar-refractivity contribution in [3.8, 4) is 5.82 Å². The van der Waals surface area contributed by atoms with Crippen LogP contribution in [0.1, 0.15) is 5.56 Å². The van der Waals surface area contributed by atoms with Crippen LogP contribution in [0.5, 0.6) is 0 Å². The quantitative estimate of drug-likeness (QED) is 0.778. The highest BCUT2D eigenvalue weighted by Gasteiger charge is 2.31. The summed E-state index contributed by atoms with van der Waals surface area (Å²) in [6.45, 7) is 0. The fourth-order valence-electron chi connectivity index (χ4n) is 1.07. The Hall–Kier alpha value is -1.63. The number of rotatable bonds is 1. The maximum Gasteiger partial charge on any atom is 0.417 e. The molecule has 0 spiro atoms. The monoisotopic (exact) mass is 248 g/mol. The van der Waals surface area contributed by atoms with Crippen LogP contribution in [0.2, 0.25) is 5.02 Å². The summed E-state index contributed by atoms with van der Waals surface area (Å²) in [6, 6.07) is 0.797. The van der Waals surface area contributed by atoms with E-state index in [1.807, 2.05) is 0 Å². The highest BCUT2D eigenvalue weighted by Crippen LogP contribution is 2.31. The van der Waals surface area contributed by atoms with Gasteiger partial charge in [0, 0.05) is 6.20 Å².